The highest BCUT2D eigenvalue weighted by molar-refractivity contribution is 4.98. The molecule has 11 heavy (non-hydrogen) atoms. The summed E-state index contributed by atoms with van der Waals surface area (Å²) in [4.78, 5) is 0. The van der Waals surface area contributed by atoms with Crippen molar-refractivity contribution in [2.24, 2.45) is 5.92 Å². The van der Waals surface area contributed by atoms with E-state index in [0.29, 0.717) is 0 Å². The highest BCUT2D eigenvalue weighted by atomic mass is 16.3. The number of rotatable bonds is 1. The number of aliphatic hydroxyl groups is 1. The van der Waals surface area contributed by atoms with Gasteiger partial charge in [-0.05, 0) is 45.4 Å². The quantitative estimate of drug-likeness (QED) is 0.575. The lowest BCUT2D eigenvalue weighted by Gasteiger charge is -2.23. The van der Waals surface area contributed by atoms with Crippen molar-refractivity contribution in [3.05, 3.63) is 11.6 Å². The van der Waals surface area contributed by atoms with Crippen molar-refractivity contribution in [1.82, 2.24) is 0 Å². The van der Waals surface area contributed by atoms with Crippen molar-refractivity contribution < 1.29 is 5.11 Å². The lowest BCUT2D eigenvalue weighted by molar-refractivity contribution is 0.118. The number of hydrogen-bond donors (Lipinski definition) is 1. The van der Waals surface area contributed by atoms with Crippen LogP contribution in [0.2, 0.25) is 0 Å². The first-order valence-electron chi connectivity index (χ1n) is 4.51. The van der Waals surface area contributed by atoms with Gasteiger partial charge < -0.3 is 5.11 Å². The summed E-state index contributed by atoms with van der Waals surface area (Å²) in [6, 6.07) is 0. The summed E-state index contributed by atoms with van der Waals surface area (Å²) >= 11 is 0. The van der Waals surface area contributed by atoms with E-state index in [9.17, 15) is 5.11 Å². The van der Waals surface area contributed by atoms with Crippen LogP contribution in [0.3, 0.4) is 0 Å². The van der Waals surface area contributed by atoms with Crippen molar-refractivity contribution >= 4 is 0 Å². The highest BCUT2D eigenvalue weighted by Gasteiger charge is 2.16. The Labute approximate surface area is 69.1 Å². The van der Waals surface area contributed by atoms with Gasteiger partial charge in [-0.15, -0.1) is 0 Å². The molecular formula is C10H18O. The van der Waals surface area contributed by atoms with Crippen LogP contribution in [0.5, 0.6) is 0 Å². The Hall–Kier alpha value is -0.300. The average Bonchev–Trinajstić information content (AvgIpc) is 1.93. The molecule has 1 aliphatic rings. The van der Waals surface area contributed by atoms with Gasteiger partial charge in [-0.3, -0.25) is 0 Å². The van der Waals surface area contributed by atoms with Gasteiger partial charge in [0.2, 0.25) is 0 Å². The van der Waals surface area contributed by atoms with Crippen LogP contribution in [-0.4, -0.2) is 11.2 Å². The highest BCUT2D eigenvalue weighted by Crippen LogP contribution is 2.25. The van der Waals surface area contributed by atoms with Crippen LogP contribution >= 0.6 is 0 Å². The van der Waals surface area contributed by atoms with E-state index in [1.807, 2.05) is 0 Å². The van der Waals surface area contributed by atoms with Gasteiger partial charge in [-0.2, -0.15) is 0 Å². The largest absolute Gasteiger partial charge is 0.393 e. The Kier molecular flexibility index (Phi) is 3.13. The molecule has 1 saturated carbocycles. The summed E-state index contributed by atoms with van der Waals surface area (Å²) in [5.74, 6) is 0.739. The molecule has 1 rings (SSSR count). The molecule has 0 radical (unpaired) electrons. The lowest BCUT2D eigenvalue weighted by atomic mass is 9.86. The zero-order valence-corrected chi connectivity index (χ0v) is 7.51. The fourth-order valence-corrected chi connectivity index (χ4v) is 1.74. The molecule has 0 saturated heterocycles. The smallest absolute Gasteiger partial charge is 0.0540 e. The minimum absolute atomic E-state index is 0.0168. The van der Waals surface area contributed by atoms with Crippen LogP contribution in [-0.2, 0) is 0 Å². The van der Waals surface area contributed by atoms with Gasteiger partial charge in [0.05, 0.1) is 6.10 Å². The zero-order valence-electron chi connectivity index (χ0n) is 7.51. The molecule has 1 nitrogen and oxygen atoms in total. The van der Waals surface area contributed by atoms with E-state index >= 15 is 0 Å². The van der Waals surface area contributed by atoms with E-state index < -0.39 is 0 Å². The van der Waals surface area contributed by atoms with Gasteiger partial charge in [-0.25, -0.2) is 0 Å². The van der Waals surface area contributed by atoms with Crippen molar-refractivity contribution in [1.29, 1.82) is 0 Å². The van der Waals surface area contributed by atoms with Crippen molar-refractivity contribution in [2.75, 3.05) is 0 Å². The van der Waals surface area contributed by atoms with E-state index in [-0.39, 0.29) is 6.10 Å². The monoisotopic (exact) mass is 154 g/mol. The molecule has 0 aliphatic heterocycles. The summed E-state index contributed by atoms with van der Waals surface area (Å²) in [5.41, 5.74) is 1.41. The number of allylic oxidation sites excluding steroid dienone is 2. The van der Waals surface area contributed by atoms with E-state index in [0.717, 1.165) is 18.8 Å². The molecule has 0 aromatic carbocycles. The van der Waals surface area contributed by atoms with E-state index in [2.05, 4.69) is 19.9 Å². The second-order valence-electron chi connectivity index (χ2n) is 3.81. The third kappa shape index (κ3) is 3.06. The Bertz CT molecular complexity index is 137. The molecule has 1 N–H and O–H groups in total. The molecular weight excluding hydrogens is 136 g/mol. The maximum atomic E-state index is 9.24. The maximum absolute atomic E-state index is 9.24. The molecule has 0 aromatic rings. The third-order valence-electron chi connectivity index (χ3n) is 2.31. The Balaban J connectivity index is 2.34. The van der Waals surface area contributed by atoms with Crippen LogP contribution in [0, 0.1) is 5.92 Å². The van der Waals surface area contributed by atoms with Gasteiger partial charge in [-0.1, -0.05) is 11.6 Å². The normalized spacial score (nSPS) is 31.5. The Morgan fingerprint density at radius 1 is 1.18 bits per heavy atom. The SMILES string of the molecule is CC(C)=C[C@H]1CC[C@H](O)CC1. The summed E-state index contributed by atoms with van der Waals surface area (Å²) in [5, 5.41) is 9.24. The molecule has 0 bridgehead atoms. The molecule has 64 valence electrons. The van der Waals surface area contributed by atoms with Gasteiger partial charge in [0.25, 0.3) is 0 Å². The summed E-state index contributed by atoms with van der Waals surface area (Å²) in [6.07, 6.45) is 6.66. The molecule has 0 amide bonds. The first-order valence-corrected chi connectivity index (χ1v) is 4.51. The van der Waals surface area contributed by atoms with Crippen LogP contribution in [0.1, 0.15) is 39.5 Å². The predicted molar refractivity (Wildman–Crippen MR) is 47.4 cm³/mol. The van der Waals surface area contributed by atoms with Gasteiger partial charge in [0.1, 0.15) is 0 Å². The van der Waals surface area contributed by atoms with Crippen LogP contribution in [0.25, 0.3) is 0 Å². The molecule has 1 fully saturated rings. The van der Waals surface area contributed by atoms with Crippen molar-refractivity contribution in [3.63, 3.8) is 0 Å². The number of aliphatic hydroxyl groups excluding tert-OH is 1. The zero-order chi connectivity index (χ0) is 8.27. The molecule has 0 spiro atoms. The van der Waals surface area contributed by atoms with Crippen molar-refractivity contribution in [2.45, 2.75) is 45.6 Å². The van der Waals surface area contributed by atoms with Gasteiger partial charge in [0.15, 0.2) is 0 Å². The number of hydrogen-bond acceptors (Lipinski definition) is 1. The second-order valence-corrected chi connectivity index (χ2v) is 3.81. The molecule has 1 aliphatic carbocycles. The molecule has 0 atom stereocenters. The fourth-order valence-electron chi connectivity index (χ4n) is 1.74. The maximum Gasteiger partial charge on any atom is 0.0540 e. The summed E-state index contributed by atoms with van der Waals surface area (Å²) in [7, 11) is 0. The summed E-state index contributed by atoms with van der Waals surface area (Å²) < 4.78 is 0. The van der Waals surface area contributed by atoms with Crippen LogP contribution < -0.4 is 0 Å². The van der Waals surface area contributed by atoms with Gasteiger partial charge >= 0.3 is 0 Å². The van der Waals surface area contributed by atoms with Gasteiger partial charge in [0, 0.05) is 0 Å². The topological polar surface area (TPSA) is 20.2 Å². The lowest BCUT2D eigenvalue weighted by Crippen LogP contribution is -2.16. The minimum Gasteiger partial charge on any atom is -0.393 e. The van der Waals surface area contributed by atoms with E-state index in [1.165, 1.54) is 18.4 Å². The van der Waals surface area contributed by atoms with E-state index in [4.69, 9.17) is 0 Å². The predicted octanol–water partition coefficient (Wildman–Crippen LogP) is 2.50. The van der Waals surface area contributed by atoms with Crippen LogP contribution in [0.4, 0.5) is 0 Å². The average molecular weight is 154 g/mol. The Morgan fingerprint density at radius 3 is 2.18 bits per heavy atom. The Morgan fingerprint density at radius 2 is 1.73 bits per heavy atom. The second kappa shape index (κ2) is 3.91. The first kappa shape index (κ1) is 8.79. The third-order valence-corrected chi connectivity index (χ3v) is 2.31. The molecule has 0 heterocycles. The molecule has 1 heteroatoms. The standard InChI is InChI=1S/C10H18O/c1-8(2)7-9-3-5-10(11)6-4-9/h7,9-11H,3-6H2,1-2H3/t9-,10-. The van der Waals surface area contributed by atoms with E-state index in [1.54, 1.807) is 0 Å². The molecule has 0 unspecified atom stereocenters. The van der Waals surface area contributed by atoms with Crippen LogP contribution in [0.15, 0.2) is 11.6 Å². The fraction of sp³-hybridized carbons (Fsp3) is 0.800. The minimum atomic E-state index is -0.0168. The summed E-state index contributed by atoms with van der Waals surface area (Å²) in [6.45, 7) is 4.29. The molecule has 0 aromatic heterocycles. The van der Waals surface area contributed by atoms with Crippen molar-refractivity contribution in [3.8, 4) is 0 Å². The first-order chi connectivity index (χ1) is 5.18.